The third-order valence-corrected chi connectivity index (χ3v) is 7.41. The average Bonchev–Trinajstić information content (AvgIpc) is 3.38. The van der Waals surface area contributed by atoms with Crippen LogP contribution in [0, 0.1) is 5.92 Å². The quantitative estimate of drug-likeness (QED) is 0.263. The molecule has 0 spiro atoms. The number of nitrogens with zero attached hydrogens (tertiary/aromatic N) is 4. The molecule has 3 amide bonds. The Hall–Kier alpha value is -4.40. The summed E-state index contributed by atoms with van der Waals surface area (Å²) in [7, 11) is 0. The van der Waals surface area contributed by atoms with E-state index < -0.39 is 35.6 Å². The highest BCUT2D eigenvalue weighted by molar-refractivity contribution is 6.08. The van der Waals surface area contributed by atoms with Gasteiger partial charge in [-0.05, 0) is 75.1 Å². The van der Waals surface area contributed by atoms with Gasteiger partial charge in [0.2, 0.25) is 5.91 Å². The zero-order chi connectivity index (χ0) is 34.0. The third-order valence-electron chi connectivity index (χ3n) is 7.41. The number of carbonyl (C=O) groups excluding carboxylic acids is 3. The third kappa shape index (κ3) is 7.69. The van der Waals surface area contributed by atoms with Crippen LogP contribution < -0.4 is 20.4 Å². The number of carbonyl (C=O) groups is 3. The van der Waals surface area contributed by atoms with E-state index in [0.29, 0.717) is 23.8 Å². The number of rotatable bonds is 10. The summed E-state index contributed by atoms with van der Waals surface area (Å²) in [6.45, 7) is 8.43. The van der Waals surface area contributed by atoms with Gasteiger partial charge in [-0.3, -0.25) is 14.4 Å². The Labute approximate surface area is 261 Å². The lowest BCUT2D eigenvalue weighted by molar-refractivity contribution is -0.167. The number of aromatic nitrogens is 2. The highest BCUT2D eigenvalue weighted by Gasteiger charge is 2.43. The average molecular weight is 653 g/mol. The van der Waals surface area contributed by atoms with E-state index in [-0.39, 0.29) is 48.4 Å². The van der Waals surface area contributed by atoms with Gasteiger partial charge >= 0.3 is 18.3 Å². The van der Waals surface area contributed by atoms with Crippen LogP contribution in [0.15, 0.2) is 48.5 Å². The van der Waals surface area contributed by atoms with E-state index >= 15 is 0 Å². The van der Waals surface area contributed by atoms with Gasteiger partial charge in [-0.2, -0.15) is 31.4 Å². The summed E-state index contributed by atoms with van der Waals surface area (Å²) in [4.78, 5) is 41.0. The van der Waals surface area contributed by atoms with Gasteiger partial charge in [0.05, 0.1) is 12.2 Å². The van der Waals surface area contributed by atoms with E-state index in [2.05, 4.69) is 24.3 Å². The summed E-state index contributed by atoms with van der Waals surface area (Å²) in [6, 6.07) is 11.2. The van der Waals surface area contributed by atoms with Crippen molar-refractivity contribution in [1.82, 2.24) is 15.1 Å². The van der Waals surface area contributed by atoms with Crippen molar-refractivity contribution < 1.29 is 40.7 Å². The molecule has 1 unspecified atom stereocenters. The van der Waals surface area contributed by atoms with Crippen LogP contribution >= 0.6 is 0 Å². The van der Waals surface area contributed by atoms with Gasteiger partial charge in [0.25, 0.3) is 5.91 Å². The second kappa shape index (κ2) is 13.5. The minimum Gasteiger partial charge on any atom is -0.318 e. The fourth-order valence-electron chi connectivity index (χ4n) is 5.40. The normalized spacial score (nSPS) is 14.3. The molecule has 0 bridgehead atoms. The van der Waals surface area contributed by atoms with E-state index in [9.17, 15) is 40.7 Å². The minimum atomic E-state index is -5.19. The number of anilines is 3. The van der Waals surface area contributed by atoms with Crippen LogP contribution in [0.4, 0.5) is 43.4 Å². The number of alkyl halides is 6. The summed E-state index contributed by atoms with van der Waals surface area (Å²) < 4.78 is 81.0. The number of benzene rings is 2. The molecule has 0 radical (unpaired) electrons. The first kappa shape index (κ1) is 34.5. The molecular formula is C31H34F6N6O3. The van der Waals surface area contributed by atoms with Crippen molar-refractivity contribution in [3.05, 3.63) is 65.5 Å². The molecule has 0 fully saturated rings. The molecule has 9 nitrogen and oxygen atoms in total. The second-order valence-electron chi connectivity index (χ2n) is 11.4. The topological polar surface area (TPSA) is 99.6 Å². The number of likely N-dealkylation sites (N-methyl/N-ethyl adjacent to an activating group) is 1. The lowest BCUT2D eigenvalue weighted by atomic mass is 10.0. The largest absolute Gasteiger partial charge is 0.471 e. The molecule has 2 heterocycles. The fraction of sp³-hybridized carbons (Fsp3) is 0.419. The lowest BCUT2D eigenvalue weighted by Gasteiger charge is -2.29. The standard InChI is InChI=1S/C31H34F6N6O3/c1-5-41(25(44)17-38-19(4)15-18(2)3)21-9-11-22(12-10-21)42-14-13-24-26(28(42)45)43(40-27(24)30(32,33)34)23-8-6-7-20(16-23)39-29(46)31(35,36)37/h6-12,16,18-19,38H,5,13-15,17H2,1-4H3,(H,39,46). The number of hydrogen-bond acceptors (Lipinski definition) is 5. The van der Waals surface area contributed by atoms with E-state index in [1.165, 1.54) is 17.0 Å². The first-order valence-electron chi connectivity index (χ1n) is 14.6. The molecule has 4 rings (SSSR count). The highest BCUT2D eigenvalue weighted by atomic mass is 19.4. The summed E-state index contributed by atoms with van der Waals surface area (Å²) >= 11 is 0. The first-order valence-corrected chi connectivity index (χ1v) is 14.6. The summed E-state index contributed by atoms with van der Waals surface area (Å²) in [5.41, 5.74) is -1.63. The Morgan fingerprint density at radius 3 is 2.26 bits per heavy atom. The molecule has 1 aromatic heterocycles. The molecule has 2 aromatic carbocycles. The monoisotopic (exact) mass is 652 g/mol. The van der Waals surface area contributed by atoms with Crippen molar-refractivity contribution >= 4 is 34.8 Å². The van der Waals surface area contributed by atoms with Gasteiger partial charge < -0.3 is 20.4 Å². The zero-order valence-corrected chi connectivity index (χ0v) is 25.6. The van der Waals surface area contributed by atoms with Gasteiger partial charge in [-0.25, -0.2) is 4.68 Å². The van der Waals surface area contributed by atoms with Crippen LogP contribution in [0.5, 0.6) is 0 Å². The number of nitrogens with one attached hydrogen (secondary N) is 2. The molecule has 15 heteroatoms. The first-order chi connectivity index (χ1) is 21.5. The van der Waals surface area contributed by atoms with Gasteiger partial charge in [-0.1, -0.05) is 19.9 Å². The van der Waals surface area contributed by atoms with E-state index in [4.69, 9.17) is 0 Å². The van der Waals surface area contributed by atoms with Crippen LogP contribution in [-0.2, 0) is 22.2 Å². The zero-order valence-electron chi connectivity index (χ0n) is 25.6. The summed E-state index contributed by atoms with van der Waals surface area (Å²) in [5.74, 6) is -2.76. The maximum atomic E-state index is 14.0. The van der Waals surface area contributed by atoms with Gasteiger partial charge in [0.15, 0.2) is 5.69 Å². The Morgan fingerprint density at radius 1 is 1.00 bits per heavy atom. The Morgan fingerprint density at radius 2 is 1.67 bits per heavy atom. The van der Waals surface area contributed by atoms with Crippen molar-refractivity contribution in [1.29, 1.82) is 0 Å². The predicted molar refractivity (Wildman–Crippen MR) is 160 cm³/mol. The molecule has 0 saturated heterocycles. The van der Waals surface area contributed by atoms with E-state index in [0.717, 1.165) is 23.2 Å². The molecule has 0 saturated carbocycles. The molecule has 2 N–H and O–H groups in total. The predicted octanol–water partition coefficient (Wildman–Crippen LogP) is 5.97. The number of halogens is 6. The molecule has 248 valence electrons. The fourth-order valence-corrected chi connectivity index (χ4v) is 5.40. The van der Waals surface area contributed by atoms with Gasteiger partial charge in [0.1, 0.15) is 5.69 Å². The van der Waals surface area contributed by atoms with Crippen molar-refractivity contribution in [2.45, 2.75) is 58.9 Å². The number of amides is 3. The summed E-state index contributed by atoms with van der Waals surface area (Å²) in [5, 5.41) is 8.53. The molecule has 0 aliphatic carbocycles. The van der Waals surface area contributed by atoms with Crippen LogP contribution in [0.25, 0.3) is 5.69 Å². The molecular weight excluding hydrogens is 618 g/mol. The molecule has 1 atom stereocenters. The Balaban J connectivity index is 1.62. The maximum absolute atomic E-state index is 14.0. The minimum absolute atomic E-state index is 0.101. The maximum Gasteiger partial charge on any atom is 0.471 e. The van der Waals surface area contributed by atoms with Crippen molar-refractivity contribution in [3.8, 4) is 5.69 Å². The smallest absolute Gasteiger partial charge is 0.318 e. The van der Waals surface area contributed by atoms with Crippen LogP contribution in [0.1, 0.15) is 55.9 Å². The van der Waals surface area contributed by atoms with Crippen molar-refractivity contribution in [2.24, 2.45) is 5.92 Å². The molecule has 1 aliphatic rings. The number of hydrogen-bond donors (Lipinski definition) is 2. The molecule has 3 aromatic rings. The Bertz CT molecular complexity index is 1580. The summed E-state index contributed by atoms with van der Waals surface area (Å²) in [6.07, 6.45) is -9.41. The molecule has 46 heavy (non-hydrogen) atoms. The van der Waals surface area contributed by atoms with E-state index in [1.807, 2.05) is 13.8 Å². The Kier molecular flexibility index (Phi) is 10.1. The van der Waals surface area contributed by atoms with E-state index in [1.54, 1.807) is 34.5 Å². The van der Waals surface area contributed by atoms with Crippen LogP contribution in [0.2, 0.25) is 0 Å². The van der Waals surface area contributed by atoms with Gasteiger partial charge in [0, 0.05) is 41.8 Å². The van der Waals surface area contributed by atoms with Crippen molar-refractivity contribution in [2.75, 3.05) is 34.8 Å². The SMILES string of the molecule is CCN(C(=O)CNC(C)CC(C)C)c1ccc(N2CCc3c(C(F)(F)F)nn(-c4cccc(NC(=O)C(F)(F)F)c4)c3C2=O)cc1. The molecule has 1 aliphatic heterocycles. The highest BCUT2D eigenvalue weighted by Crippen LogP contribution is 2.37. The van der Waals surface area contributed by atoms with Gasteiger partial charge in [-0.15, -0.1) is 0 Å². The van der Waals surface area contributed by atoms with Crippen LogP contribution in [-0.4, -0.2) is 59.4 Å². The lowest BCUT2D eigenvalue weighted by Crippen LogP contribution is -2.41. The second-order valence-corrected chi connectivity index (χ2v) is 11.4. The number of fused-ring (bicyclic) bond motifs is 1. The van der Waals surface area contributed by atoms with Crippen LogP contribution in [0.3, 0.4) is 0 Å². The van der Waals surface area contributed by atoms with Crippen molar-refractivity contribution in [3.63, 3.8) is 0 Å².